The Morgan fingerprint density at radius 3 is 2.52 bits per heavy atom. The summed E-state index contributed by atoms with van der Waals surface area (Å²) in [5.41, 5.74) is 0.298. The second kappa shape index (κ2) is 9.94. The van der Waals surface area contributed by atoms with Gasteiger partial charge in [0.25, 0.3) is 15.9 Å². The number of carbonyl (C=O) groups excluding carboxylic acids is 1. The number of halogens is 2. The molecule has 2 aromatic carbocycles. The number of rotatable bonds is 8. The Labute approximate surface area is 196 Å². The van der Waals surface area contributed by atoms with Crippen molar-refractivity contribution in [1.82, 2.24) is 10.2 Å². The highest BCUT2D eigenvalue weighted by Gasteiger charge is 2.26. The van der Waals surface area contributed by atoms with Crippen LogP contribution in [0, 0.1) is 5.82 Å². The first-order chi connectivity index (χ1) is 15.8. The highest BCUT2D eigenvalue weighted by Crippen LogP contribution is 2.27. The Balaban J connectivity index is 1.48. The van der Waals surface area contributed by atoms with E-state index in [1.165, 1.54) is 18.2 Å². The Morgan fingerprint density at radius 1 is 1.12 bits per heavy atom. The molecule has 1 amide bonds. The van der Waals surface area contributed by atoms with Crippen molar-refractivity contribution in [3.63, 3.8) is 0 Å². The fourth-order valence-electron chi connectivity index (χ4n) is 3.80. The largest absolute Gasteiger partial charge is 0.468 e. The summed E-state index contributed by atoms with van der Waals surface area (Å²) in [7, 11) is -4.01. The van der Waals surface area contributed by atoms with Crippen LogP contribution in [0.25, 0.3) is 0 Å². The quantitative estimate of drug-likeness (QED) is 0.486. The molecule has 0 saturated carbocycles. The number of hydrogen-bond donors (Lipinski definition) is 2. The first kappa shape index (κ1) is 23.3. The van der Waals surface area contributed by atoms with Gasteiger partial charge in [0.2, 0.25) is 0 Å². The van der Waals surface area contributed by atoms with Crippen molar-refractivity contribution in [1.29, 1.82) is 0 Å². The minimum Gasteiger partial charge on any atom is -0.468 e. The summed E-state index contributed by atoms with van der Waals surface area (Å²) in [4.78, 5) is 15.0. The van der Waals surface area contributed by atoms with E-state index in [9.17, 15) is 17.6 Å². The van der Waals surface area contributed by atoms with Crippen LogP contribution >= 0.6 is 11.6 Å². The van der Waals surface area contributed by atoms with Crippen LogP contribution in [0.15, 0.2) is 70.2 Å². The van der Waals surface area contributed by atoms with Gasteiger partial charge in [0.05, 0.1) is 27.9 Å². The molecule has 0 radical (unpaired) electrons. The van der Waals surface area contributed by atoms with Crippen LogP contribution in [-0.2, 0) is 10.0 Å². The number of hydrogen-bond acceptors (Lipinski definition) is 5. The van der Waals surface area contributed by atoms with E-state index in [1.807, 2.05) is 12.1 Å². The molecule has 0 unspecified atom stereocenters. The molecule has 10 heteroatoms. The maximum absolute atomic E-state index is 13.1. The molecule has 0 bridgehead atoms. The van der Waals surface area contributed by atoms with Crippen LogP contribution < -0.4 is 10.0 Å². The van der Waals surface area contributed by atoms with Gasteiger partial charge in [-0.15, -0.1) is 0 Å². The van der Waals surface area contributed by atoms with Gasteiger partial charge in [-0.1, -0.05) is 11.6 Å². The Kier molecular flexibility index (Phi) is 7.02. The van der Waals surface area contributed by atoms with Crippen molar-refractivity contribution >= 4 is 33.2 Å². The highest BCUT2D eigenvalue weighted by molar-refractivity contribution is 7.92. The lowest BCUT2D eigenvalue weighted by atomic mass is 10.1. The lowest BCUT2D eigenvalue weighted by Gasteiger charge is -2.26. The third-order valence-electron chi connectivity index (χ3n) is 5.51. The van der Waals surface area contributed by atoms with E-state index < -0.39 is 15.8 Å². The van der Waals surface area contributed by atoms with E-state index >= 15 is 0 Å². The summed E-state index contributed by atoms with van der Waals surface area (Å²) in [6.45, 7) is 2.20. The topological polar surface area (TPSA) is 91.7 Å². The molecular formula is C23H23ClFN3O4S. The molecule has 3 aromatic rings. The van der Waals surface area contributed by atoms with Gasteiger partial charge in [-0.25, -0.2) is 12.8 Å². The number of likely N-dealkylation sites (tertiary alicyclic amines) is 1. The lowest BCUT2D eigenvalue weighted by molar-refractivity contribution is 0.0934. The van der Waals surface area contributed by atoms with Crippen molar-refractivity contribution in [2.24, 2.45) is 0 Å². The van der Waals surface area contributed by atoms with Crippen molar-refractivity contribution in [3.8, 4) is 0 Å². The lowest BCUT2D eigenvalue weighted by Crippen LogP contribution is -2.36. The monoisotopic (exact) mass is 491 g/mol. The zero-order chi connectivity index (χ0) is 23.4. The van der Waals surface area contributed by atoms with E-state index in [0.717, 1.165) is 56.0 Å². The van der Waals surface area contributed by atoms with Crippen LogP contribution in [0.1, 0.15) is 35.0 Å². The van der Waals surface area contributed by atoms with Crippen LogP contribution in [0.3, 0.4) is 0 Å². The first-order valence-electron chi connectivity index (χ1n) is 10.5. The van der Waals surface area contributed by atoms with Gasteiger partial charge in [-0.3, -0.25) is 14.4 Å². The molecule has 1 atom stereocenters. The second-order valence-corrected chi connectivity index (χ2v) is 9.83. The summed E-state index contributed by atoms with van der Waals surface area (Å²) in [6.07, 6.45) is 3.80. The zero-order valence-corrected chi connectivity index (χ0v) is 19.2. The summed E-state index contributed by atoms with van der Waals surface area (Å²) in [6, 6.07) is 12.4. The van der Waals surface area contributed by atoms with Crippen LogP contribution in [0.5, 0.6) is 0 Å². The van der Waals surface area contributed by atoms with Gasteiger partial charge < -0.3 is 9.73 Å². The molecule has 1 aliphatic rings. The predicted molar refractivity (Wildman–Crippen MR) is 123 cm³/mol. The molecule has 0 aliphatic carbocycles. The maximum Gasteiger partial charge on any atom is 0.261 e. The molecule has 1 aliphatic heterocycles. The third-order valence-corrected chi connectivity index (χ3v) is 7.22. The minimum atomic E-state index is -4.01. The number of anilines is 1. The Morgan fingerprint density at radius 2 is 1.85 bits per heavy atom. The van der Waals surface area contributed by atoms with Gasteiger partial charge >= 0.3 is 0 Å². The predicted octanol–water partition coefficient (Wildman–Crippen LogP) is 4.44. The number of benzene rings is 2. The van der Waals surface area contributed by atoms with Crippen LogP contribution in [-0.4, -0.2) is 38.9 Å². The maximum atomic E-state index is 13.1. The number of amides is 1. The summed E-state index contributed by atoms with van der Waals surface area (Å²) >= 11 is 6.16. The standard InChI is InChI=1S/C23H23ClFN3O4S/c24-19-10-5-16(14-20(19)27-33(30,31)18-8-6-17(25)7-9-18)23(29)26-15-21(22-4-3-13-32-22)28-11-1-2-12-28/h3-10,13-14,21,27H,1-2,11-12,15H2,(H,26,29)/t21-/m1/s1. The van der Waals surface area contributed by atoms with Gasteiger partial charge in [-0.2, -0.15) is 0 Å². The molecule has 2 N–H and O–H groups in total. The van der Waals surface area contributed by atoms with Crippen molar-refractivity contribution in [2.45, 2.75) is 23.8 Å². The summed E-state index contributed by atoms with van der Waals surface area (Å²) in [5.74, 6) is -0.141. The second-order valence-electron chi connectivity index (χ2n) is 7.74. The van der Waals surface area contributed by atoms with E-state index in [1.54, 1.807) is 6.26 Å². The Bertz CT molecular complexity index is 1210. The molecule has 1 aromatic heterocycles. The smallest absolute Gasteiger partial charge is 0.261 e. The first-order valence-corrected chi connectivity index (χ1v) is 12.3. The number of carbonyl (C=O) groups is 1. The minimum absolute atomic E-state index is 0.0516. The van der Waals surface area contributed by atoms with Gasteiger partial charge in [0.15, 0.2) is 0 Å². The van der Waals surface area contributed by atoms with Gasteiger partial charge in [-0.05, 0) is 80.5 Å². The molecule has 174 valence electrons. The number of furan rings is 1. The van der Waals surface area contributed by atoms with E-state index in [4.69, 9.17) is 16.0 Å². The molecule has 1 fully saturated rings. The van der Waals surface area contributed by atoms with E-state index in [2.05, 4.69) is 14.9 Å². The average molecular weight is 492 g/mol. The molecule has 7 nitrogen and oxygen atoms in total. The Hall–Kier alpha value is -2.88. The van der Waals surface area contributed by atoms with Crippen molar-refractivity contribution in [2.75, 3.05) is 24.4 Å². The van der Waals surface area contributed by atoms with E-state index in [0.29, 0.717) is 6.54 Å². The molecule has 33 heavy (non-hydrogen) atoms. The third kappa shape index (κ3) is 5.55. The molecular weight excluding hydrogens is 469 g/mol. The van der Waals surface area contributed by atoms with Gasteiger partial charge in [0, 0.05) is 12.1 Å². The summed E-state index contributed by atoms with van der Waals surface area (Å²) in [5, 5.41) is 3.04. The highest BCUT2D eigenvalue weighted by atomic mass is 35.5. The number of nitrogens with one attached hydrogen (secondary N) is 2. The van der Waals surface area contributed by atoms with Crippen LogP contribution in [0.4, 0.5) is 10.1 Å². The van der Waals surface area contributed by atoms with Gasteiger partial charge in [0.1, 0.15) is 11.6 Å². The zero-order valence-electron chi connectivity index (χ0n) is 17.6. The molecule has 2 heterocycles. The van der Waals surface area contributed by atoms with E-state index in [-0.39, 0.29) is 33.1 Å². The molecule has 0 spiro atoms. The fraction of sp³-hybridized carbons (Fsp3) is 0.261. The number of sulfonamides is 1. The SMILES string of the molecule is O=C(NC[C@H](c1ccco1)N1CCCC1)c1ccc(Cl)c(NS(=O)(=O)c2ccc(F)cc2)c1. The number of nitrogens with zero attached hydrogens (tertiary/aromatic N) is 1. The fourth-order valence-corrected chi connectivity index (χ4v) is 5.09. The molecule has 1 saturated heterocycles. The summed E-state index contributed by atoms with van der Waals surface area (Å²) < 4.78 is 46.3. The molecule has 4 rings (SSSR count). The average Bonchev–Trinajstić information content (AvgIpc) is 3.50. The van der Waals surface area contributed by atoms with Crippen molar-refractivity contribution in [3.05, 3.63) is 83.0 Å². The van der Waals surface area contributed by atoms with Crippen molar-refractivity contribution < 1.29 is 22.0 Å². The normalized spacial score (nSPS) is 15.3. The van der Waals surface area contributed by atoms with Crippen LogP contribution in [0.2, 0.25) is 5.02 Å².